The molecule has 0 spiro atoms. The van der Waals surface area contributed by atoms with E-state index in [2.05, 4.69) is 72.0 Å². The number of piperidine rings is 1. The third kappa shape index (κ3) is 7.02. The monoisotopic (exact) mass is 790 g/mol. The van der Waals surface area contributed by atoms with E-state index in [-0.39, 0.29) is 18.1 Å². The van der Waals surface area contributed by atoms with Gasteiger partial charge in [-0.15, -0.1) is 0 Å². The van der Waals surface area contributed by atoms with Gasteiger partial charge in [0, 0.05) is 57.2 Å². The predicted molar refractivity (Wildman–Crippen MR) is 198 cm³/mol. The summed E-state index contributed by atoms with van der Waals surface area (Å²) in [6.07, 6.45) is 12.2. The quantitative estimate of drug-likeness (QED) is 0.131. The van der Waals surface area contributed by atoms with Crippen molar-refractivity contribution < 1.29 is 15.0 Å². The van der Waals surface area contributed by atoms with E-state index in [0.717, 1.165) is 74.7 Å². The van der Waals surface area contributed by atoms with Gasteiger partial charge in [0.05, 0.1) is 73.0 Å². The average Bonchev–Trinajstić information content (AvgIpc) is 3.91. The number of aromatic nitrogens is 6. The summed E-state index contributed by atoms with van der Waals surface area (Å²) in [5.74, 6) is -0.241. The first-order valence-corrected chi connectivity index (χ1v) is 17.6. The lowest BCUT2D eigenvalue weighted by Crippen LogP contribution is -2.38. The lowest BCUT2D eigenvalue weighted by molar-refractivity contribution is 0.102. The van der Waals surface area contributed by atoms with Gasteiger partial charge >= 0.3 is 0 Å². The number of amides is 1. The number of fused-ring (bicyclic) bond motifs is 2. The van der Waals surface area contributed by atoms with Crippen molar-refractivity contribution in [2.75, 3.05) is 47.0 Å². The maximum atomic E-state index is 13.0. The summed E-state index contributed by atoms with van der Waals surface area (Å²) in [6, 6.07) is 9.98. The van der Waals surface area contributed by atoms with Crippen LogP contribution in [0.5, 0.6) is 0 Å². The summed E-state index contributed by atoms with van der Waals surface area (Å²) in [5.41, 5.74) is 12.3. The van der Waals surface area contributed by atoms with Crippen LogP contribution in [-0.2, 0) is 6.54 Å². The first-order chi connectivity index (χ1) is 23.7. The topological polar surface area (TPSA) is 177 Å². The highest BCUT2D eigenvalue weighted by molar-refractivity contribution is 9.11. The second-order valence-electron chi connectivity index (χ2n) is 12.3. The highest BCUT2D eigenvalue weighted by Gasteiger charge is 2.26. The zero-order valence-electron chi connectivity index (χ0n) is 26.5. The van der Waals surface area contributed by atoms with Gasteiger partial charge in [0.1, 0.15) is 11.3 Å². The zero-order valence-corrected chi connectivity index (χ0v) is 29.7. The first-order valence-electron chi connectivity index (χ1n) is 16.1. The number of nitrogen functional groups attached to an aromatic ring is 1. The van der Waals surface area contributed by atoms with Gasteiger partial charge in [0.25, 0.3) is 5.91 Å². The molecule has 2 aliphatic rings. The van der Waals surface area contributed by atoms with Crippen molar-refractivity contribution in [2.45, 2.75) is 38.0 Å². The summed E-state index contributed by atoms with van der Waals surface area (Å²) < 4.78 is 3.48. The molecule has 13 nitrogen and oxygen atoms in total. The highest BCUT2D eigenvalue weighted by atomic mass is 79.9. The number of β-amino-alcohol motifs (C(OH)–C–C–N with tert-alkyl or cyclic N) is 2. The number of hydrogen-bond acceptors (Lipinski definition) is 9. The third-order valence-corrected chi connectivity index (χ3v) is 9.97. The van der Waals surface area contributed by atoms with Crippen LogP contribution in [0.2, 0.25) is 0 Å². The van der Waals surface area contributed by atoms with Gasteiger partial charge in [-0.2, -0.15) is 5.10 Å². The second-order valence-corrected chi connectivity index (χ2v) is 14.0. The number of nitrogens with zero attached hydrogens (tertiary/aromatic N) is 6. The standard InChI is InChI=1S/C23H23BrN6O2.C11H13BrN4O/c24-18-10-25-22-20(21(18)29-8-4-7-17(31)14-29)19(11-26-22)28-23(32)16-9-27-30(13-16)12-15-5-2-1-3-6-15;12-7-3-14-11-9(8(13)4-15-11)10(7)16-2-1-6(17)5-16/h1-3,5-6,9-11,13,17,31H,4,7-8,12,14H2,(H,25,26)(H,28,32);3-4,6,17H,1-2,5,13H2,(H,14,15)/t17-;6-/m11/s1. The molecule has 0 radical (unpaired) electrons. The number of rotatable bonds is 6. The normalized spacial score (nSPS) is 17.8. The molecule has 15 heteroatoms. The number of nitrogens with one attached hydrogen (secondary N) is 3. The molecule has 49 heavy (non-hydrogen) atoms. The Morgan fingerprint density at radius 3 is 2.27 bits per heavy atom. The number of carbonyl (C=O) groups is 1. The van der Waals surface area contributed by atoms with Crippen molar-refractivity contribution in [2.24, 2.45) is 0 Å². The molecule has 0 unspecified atom stereocenters. The van der Waals surface area contributed by atoms with Crippen LogP contribution < -0.4 is 20.9 Å². The van der Waals surface area contributed by atoms with Crippen LogP contribution in [0.15, 0.2) is 76.5 Å². The maximum Gasteiger partial charge on any atom is 0.258 e. The van der Waals surface area contributed by atoms with Gasteiger partial charge in [0.15, 0.2) is 0 Å². The Morgan fingerprint density at radius 2 is 1.55 bits per heavy atom. The van der Waals surface area contributed by atoms with Crippen LogP contribution in [0.25, 0.3) is 22.1 Å². The lowest BCUT2D eigenvalue weighted by atomic mass is 10.1. The Labute approximate surface area is 298 Å². The highest BCUT2D eigenvalue weighted by Crippen LogP contribution is 2.40. The Hall–Kier alpha value is -4.44. The van der Waals surface area contributed by atoms with Crippen molar-refractivity contribution in [3.05, 3.63) is 87.6 Å². The molecule has 254 valence electrons. The van der Waals surface area contributed by atoms with Crippen LogP contribution in [-0.4, -0.2) is 84.2 Å². The summed E-state index contributed by atoms with van der Waals surface area (Å²) >= 11 is 7.12. The van der Waals surface area contributed by atoms with Crippen molar-refractivity contribution in [3.8, 4) is 0 Å². The summed E-state index contributed by atoms with van der Waals surface area (Å²) in [7, 11) is 0. The largest absolute Gasteiger partial charge is 0.397 e. The van der Waals surface area contributed by atoms with Gasteiger partial charge < -0.3 is 41.0 Å². The van der Waals surface area contributed by atoms with Crippen LogP contribution in [0.4, 0.5) is 22.7 Å². The third-order valence-electron chi connectivity index (χ3n) is 8.81. The minimum absolute atomic E-state index is 0.241. The van der Waals surface area contributed by atoms with Crippen molar-refractivity contribution in [3.63, 3.8) is 0 Å². The number of anilines is 4. The van der Waals surface area contributed by atoms with E-state index in [0.29, 0.717) is 42.2 Å². The molecule has 6 aromatic rings. The van der Waals surface area contributed by atoms with Gasteiger partial charge in [0.2, 0.25) is 0 Å². The fraction of sp³-hybridized carbons (Fsp3) is 0.294. The number of carbonyl (C=O) groups excluding carboxylic acids is 1. The van der Waals surface area contributed by atoms with Crippen molar-refractivity contribution >= 4 is 82.6 Å². The van der Waals surface area contributed by atoms with Gasteiger partial charge in [-0.25, -0.2) is 9.97 Å². The smallest absolute Gasteiger partial charge is 0.258 e. The lowest BCUT2D eigenvalue weighted by Gasteiger charge is -2.33. The molecular weight excluding hydrogens is 756 g/mol. The van der Waals surface area contributed by atoms with Crippen LogP contribution in [0.3, 0.4) is 0 Å². The molecule has 2 fully saturated rings. The fourth-order valence-corrected chi connectivity index (χ4v) is 7.59. The number of aromatic amines is 2. The fourth-order valence-electron chi connectivity index (χ4n) is 6.49. The number of halogens is 2. The number of pyridine rings is 2. The first kappa shape index (κ1) is 33.1. The Balaban J connectivity index is 0.000000186. The summed E-state index contributed by atoms with van der Waals surface area (Å²) in [6.45, 7) is 3.45. The molecule has 8 rings (SSSR count). The molecule has 2 atom stereocenters. The van der Waals surface area contributed by atoms with E-state index in [1.807, 2.05) is 30.3 Å². The molecule has 0 saturated carbocycles. The SMILES string of the molecule is Nc1c[nH]c2ncc(Br)c(N3CC[C@@H](O)C3)c12.O=C(Nc1c[nH]c2ncc(Br)c(N3CCC[C@@H](O)C3)c12)c1cnn(Cc2ccccc2)c1. The molecule has 7 heterocycles. The van der Waals surface area contributed by atoms with E-state index in [4.69, 9.17) is 5.73 Å². The Kier molecular flexibility index (Phi) is 9.58. The van der Waals surface area contributed by atoms with E-state index >= 15 is 0 Å². The second kappa shape index (κ2) is 14.2. The number of H-pyrrole nitrogens is 2. The molecule has 2 saturated heterocycles. The van der Waals surface area contributed by atoms with Crippen LogP contribution in [0, 0.1) is 0 Å². The van der Waals surface area contributed by atoms with Crippen molar-refractivity contribution in [1.29, 1.82) is 0 Å². The average molecular weight is 793 g/mol. The number of aliphatic hydroxyl groups is 2. The van der Waals surface area contributed by atoms with Crippen LogP contribution in [0.1, 0.15) is 35.2 Å². The van der Waals surface area contributed by atoms with Crippen molar-refractivity contribution in [1.82, 2.24) is 29.7 Å². The summed E-state index contributed by atoms with van der Waals surface area (Å²) in [5, 5.41) is 28.9. The zero-order chi connectivity index (χ0) is 34.1. The van der Waals surface area contributed by atoms with Gasteiger partial charge in [-0.05, 0) is 56.7 Å². The van der Waals surface area contributed by atoms with E-state index in [1.165, 1.54) is 0 Å². The number of aliphatic hydroxyl groups excluding tert-OH is 2. The van der Waals surface area contributed by atoms with E-state index in [9.17, 15) is 15.0 Å². The minimum Gasteiger partial charge on any atom is -0.397 e. The molecule has 7 N–H and O–H groups in total. The molecule has 0 aliphatic carbocycles. The van der Waals surface area contributed by atoms with E-state index in [1.54, 1.807) is 41.9 Å². The Morgan fingerprint density at radius 1 is 0.898 bits per heavy atom. The minimum atomic E-state index is -0.369. The molecule has 5 aromatic heterocycles. The van der Waals surface area contributed by atoms with Gasteiger partial charge in [-0.1, -0.05) is 30.3 Å². The molecule has 1 amide bonds. The number of hydrogen-bond donors (Lipinski definition) is 6. The van der Waals surface area contributed by atoms with Crippen LogP contribution >= 0.6 is 31.9 Å². The maximum absolute atomic E-state index is 13.0. The van der Waals surface area contributed by atoms with E-state index < -0.39 is 0 Å². The number of benzene rings is 1. The molecule has 1 aromatic carbocycles. The number of nitrogens with two attached hydrogens (primary N) is 1. The predicted octanol–water partition coefficient (Wildman–Crippen LogP) is 5.26. The molecule has 2 aliphatic heterocycles. The van der Waals surface area contributed by atoms with Gasteiger partial charge in [-0.3, -0.25) is 9.48 Å². The molecule has 0 bridgehead atoms. The Bertz CT molecular complexity index is 2100. The summed E-state index contributed by atoms with van der Waals surface area (Å²) in [4.78, 5) is 32.2. The molecular formula is C34H36Br2N10O3.